The van der Waals surface area contributed by atoms with Crippen molar-refractivity contribution in [2.45, 2.75) is 32.9 Å². The fourth-order valence-electron chi connectivity index (χ4n) is 1.45. The van der Waals surface area contributed by atoms with Crippen LogP contribution in [0.3, 0.4) is 0 Å². The van der Waals surface area contributed by atoms with Gasteiger partial charge in [-0.2, -0.15) is 0 Å². The van der Waals surface area contributed by atoms with Crippen LogP contribution in [-0.2, 0) is 6.54 Å². The molecule has 0 aliphatic heterocycles. The average molecular weight is 260 g/mol. The van der Waals surface area contributed by atoms with Crippen LogP contribution in [0, 0.1) is 0 Å². The molecule has 0 fully saturated rings. The minimum atomic E-state index is -1.04. The summed E-state index contributed by atoms with van der Waals surface area (Å²) in [5, 5.41) is 19.8. The first kappa shape index (κ1) is 13.6. The summed E-state index contributed by atoms with van der Waals surface area (Å²) in [6, 6.07) is 0. The largest absolute Gasteiger partial charge is 0.494 e. The molecular weight excluding hydrogens is 244 g/mol. The normalized spacial score (nSPS) is 11.5. The van der Waals surface area contributed by atoms with Gasteiger partial charge in [0.25, 0.3) is 0 Å². The Morgan fingerprint density at radius 3 is 2.47 bits per heavy atom. The molecule has 1 rings (SSSR count). The second-order valence-electron chi connectivity index (χ2n) is 4.62. The van der Waals surface area contributed by atoms with E-state index in [0.717, 1.165) is 15.9 Å². The lowest BCUT2D eigenvalue weighted by Gasteiger charge is -2.33. The molecule has 7 heteroatoms. The molecule has 0 saturated heterocycles. The van der Waals surface area contributed by atoms with Gasteiger partial charge in [-0.3, -0.25) is 9.36 Å². The number of thiazole rings is 1. The van der Waals surface area contributed by atoms with Crippen LogP contribution >= 0.6 is 11.3 Å². The first-order valence-electron chi connectivity index (χ1n) is 5.11. The van der Waals surface area contributed by atoms with E-state index < -0.39 is 11.6 Å². The van der Waals surface area contributed by atoms with E-state index in [0.29, 0.717) is 0 Å². The molecule has 0 aliphatic rings. The standard InChI is InChI=1S/C10H16N2O4S/c1-10(2,3)12(8(14)15)5-4-11-7(13)6-17-9(11)16/h6,13H,4-5H2,1-3H3,(H,14,15). The van der Waals surface area contributed by atoms with Crippen LogP contribution in [0.5, 0.6) is 5.88 Å². The number of carbonyl (C=O) groups is 1. The molecule has 17 heavy (non-hydrogen) atoms. The van der Waals surface area contributed by atoms with Crippen molar-refractivity contribution < 1.29 is 15.0 Å². The van der Waals surface area contributed by atoms with E-state index >= 15 is 0 Å². The first-order valence-corrected chi connectivity index (χ1v) is 5.99. The Morgan fingerprint density at radius 1 is 1.53 bits per heavy atom. The summed E-state index contributed by atoms with van der Waals surface area (Å²) >= 11 is 0.890. The lowest BCUT2D eigenvalue weighted by Crippen LogP contribution is -2.46. The molecule has 0 bridgehead atoms. The van der Waals surface area contributed by atoms with Crippen molar-refractivity contribution in [3.63, 3.8) is 0 Å². The highest BCUT2D eigenvalue weighted by molar-refractivity contribution is 7.07. The molecular formula is C10H16N2O4S. The van der Waals surface area contributed by atoms with Crippen molar-refractivity contribution in [2.75, 3.05) is 6.54 Å². The third kappa shape index (κ3) is 3.23. The van der Waals surface area contributed by atoms with Gasteiger partial charge in [0.1, 0.15) is 0 Å². The van der Waals surface area contributed by atoms with Gasteiger partial charge in [0.05, 0.1) is 5.38 Å². The predicted molar refractivity (Wildman–Crippen MR) is 64.7 cm³/mol. The Kier molecular flexibility index (Phi) is 3.82. The Hall–Kier alpha value is -1.50. The highest BCUT2D eigenvalue weighted by Crippen LogP contribution is 2.15. The highest BCUT2D eigenvalue weighted by Gasteiger charge is 2.26. The molecule has 1 aromatic heterocycles. The van der Waals surface area contributed by atoms with Crippen LogP contribution in [0.25, 0.3) is 0 Å². The van der Waals surface area contributed by atoms with Crippen LogP contribution < -0.4 is 4.87 Å². The second-order valence-corrected chi connectivity index (χ2v) is 5.44. The molecule has 1 heterocycles. The van der Waals surface area contributed by atoms with Crippen LogP contribution in [0.2, 0.25) is 0 Å². The highest BCUT2D eigenvalue weighted by atomic mass is 32.1. The topological polar surface area (TPSA) is 82.8 Å². The summed E-state index contributed by atoms with van der Waals surface area (Å²) in [5.74, 6) is -0.126. The third-order valence-corrected chi connectivity index (χ3v) is 3.10. The quantitative estimate of drug-likeness (QED) is 0.860. The van der Waals surface area contributed by atoms with E-state index in [1.54, 1.807) is 20.8 Å². The Balaban J connectivity index is 2.78. The van der Waals surface area contributed by atoms with Crippen molar-refractivity contribution >= 4 is 17.4 Å². The van der Waals surface area contributed by atoms with Crippen molar-refractivity contribution in [1.29, 1.82) is 0 Å². The fraction of sp³-hybridized carbons (Fsp3) is 0.600. The fourth-order valence-corrected chi connectivity index (χ4v) is 2.09. The van der Waals surface area contributed by atoms with Crippen LogP contribution in [0.15, 0.2) is 10.2 Å². The number of hydrogen-bond donors (Lipinski definition) is 2. The van der Waals surface area contributed by atoms with Crippen molar-refractivity contribution in [1.82, 2.24) is 9.47 Å². The number of aromatic hydroxyl groups is 1. The molecule has 0 aliphatic carbocycles. The smallest absolute Gasteiger partial charge is 0.407 e. The molecule has 1 amide bonds. The Labute approximate surface area is 103 Å². The molecule has 0 unspecified atom stereocenters. The van der Waals surface area contributed by atoms with Crippen molar-refractivity contribution in [3.8, 4) is 5.88 Å². The zero-order valence-corrected chi connectivity index (χ0v) is 10.8. The summed E-state index contributed by atoms with van der Waals surface area (Å²) in [6.45, 7) is 5.63. The Morgan fingerprint density at radius 2 is 2.12 bits per heavy atom. The summed E-state index contributed by atoms with van der Waals surface area (Å²) in [5.41, 5.74) is -0.541. The third-order valence-electron chi connectivity index (χ3n) is 2.35. The van der Waals surface area contributed by atoms with Gasteiger partial charge in [-0.1, -0.05) is 11.3 Å². The van der Waals surface area contributed by atoms with E-state index in [9.17, 15) is 14.7 Å². The maximum absolute atomic E-state index is 11.3. The summed E-state index contributed by atoms with van der Waals surface area (Å²) < 4.78 is 1.16. The van der Waals surface area contributed by atoms with Crippen LogP contribution in [-0.4, -0.2) is 37.9 Å². The molecule has 0 aromatic carbocycles. The number of aromatic nitrogens is 1. The SMILES string of the molecule is CC(C)(C)N(CCn1c(O)csc1=O)C(=O)O. The molecule has 2 N–H and O–H groups in total. The average Bonchev–Trinajstić information content (AvgIpc) is 2.46. The van der Waals surface area contributed by atoms with Crippen molar-refractivity contribution in [2.24, 2.45) is 0 Å². The summed E-state index contributed by atoms with van der Waals surface area (Å²) in [7, 11) is 0. The number of nitrogens with zero attached hydrogens (tertiary/aromatic N) is 2. The summed E-state index contributed by atoms with van der Waals surface area (Å²) in [4.78, 5) is 23.3. The lowest BCUT2D eigenvalue weighted by atomic mass is 10.1. The lowest BCUT2D eigenvalue weighted by molar-refractivity contribution is 0.0971. The van der Waals surface area contributed by atoms with E-state index in [2.05, 4.69) is 0 Å². The molecule has 1 aromatic rings. The van der Waals surface area contributed by atoms with Gasteiger partial charge in [0.2, 0.25) is 5.88 Å². The number of hydrogen-bond acceptors (Lipinski definition) is 4. The first-order chi connectivity index (χ1) is 7.73. The molecule has 0 spiro atoms. The van der Waals surface area contributed by atoms with Gasteiger partial charge in [-0.05, 0) is 20.8 Å². The molecule has 6 nitrogen and oxygen atoms in total. The number of amides is 1. The van der Waals surface area contributed by atoms with Crippen LogP contribution in [0.4, 0.5) is 4.79 Å². The minimum Gasteiger partial charge on any atom is -0.494 e. The van der Waals surface area contributed by atoms with Gasteiger partial charge >= 0.3 is 11.0 Å². The zero-order valence-electron chi connectivity index (χ0n) is 10.0. The van der Waals surface area contributed by atoms with Crippen LogP contribution in [0.1, 0.15) is 20.8 Å². The van der Waals surface area contributed by atoms with Gasteiger partial charge in [0.15, 0.2) is 0 Å². The zero-order chi connectivity index (χ0) is 13.2. The van der Waals surface area contributed by atoms with Gasteiger partial charge in [-0.15, -0.1) is 0 Å². The monoisotopic (exact) mass is 260 g/mol. The number of carboxylic acid groups (broad SMARTS) is 1. The Bertz CT molecular complexity index is 458. The molecule has 0 atom stereocenters. The van der Waals surface area contributed by atoms with Crippen molar-refractivity contribution in [3.05, 3.63) is 15.0 Å². The molecule has 0 radical (unpaired) electrons. The van der Waals surface area contributed by atoms with Gasteiger partial charge < -0.3 is 15.1 Å². The van der Waals surface area contributed by atoms with E-state index in [1.807, 2.05) is 0 Å². The maximum Gasteiger partial charge on any atom is 0.407 e. The molecule has 96 valence electrons. The van der Waals surface area contributed by atoms with E-state index in [1.165, 1.54) is 10.3 Å². The molecule has 0 saturated carbocycles. The van der Waals surface area contributed by atoms with E-state index in [-0.39, 0.29) is 23.8 Å². The number of rotatable bonds is 3. The van der Waals surface area contributed by atoms with Gasteiger partial charge in [0, 0.05) is 18.6 Å². The summed E-state index contributed by atoms with van der Waals surface area (Å²) in [6.07, 6.45) is -1.04. The van der Waals surface area contributed by atoms with Gasteiger partial charge in [-0.25, -0.2) is 4.79 Å². The predicted octanol–water partition coefficient (Wildman–Crippen LogP) is 1.39. The van der Waals surface area contributed by atoms with E-state index in [4.69, 9.17) is 5.11 Å². The minimum absolute atomic E-state index is 0.126. The second kappa shape index (κ2) is 4.79. The maximum atomic E-state index is 11.3.